The lowest BCUT2D eigenvalue weighted by molar-refractivity contribution is -0.128. The summed E-state index contributed by atoms with van der Waals surface area (Å²) in [7, 11) is 0. The summed E-state index contributed by atoms with van der Waals surface area (Å²) in [6.07, 6.45) is 5.93. The number of benzene rings is 1. The maximum Gasteiger partial charge on any atom is 0.277 e. The molecule has 0 spiro atoms. The van der Waals surface area contributed by atoms with E-state index in [0.29, 0.717) is 16.9 Å². The normalized spacial score (nSPS) is 15.1. The lowest BCUT2D eigenvalue weighted by Crippen LogP contribution is -2.35. The van der Waals surface area contributed by atoms with Crippen LogP contribution >= 0.6 is 11.8 Å². The van der Waals surface area contributed by atoms with Gasteiger partial charge in [0.15, 0.2) is 0 Å². The summed E-state index contributed by atoms with van der Waals surface area (Å²) >= 11 is 1.33. The van der Waals surface area contributed by atoms with Gasteiger partial charge >= 0.3 is 0 Å². The Kier molecular flexibility index (Phi) is 7.77. The standard InChI is InChI=1S/C21H30N4O2S/c1-3-24(4-2)18-12-10-17(11-13-18)20-22-23-21(27-20)28-16-19(26)25-14-8-6-5-7-9-15-25/h10-13H,3-9,14-16H2,1-2H3. The number of rotatable bonds is 7. The molecular weight excluding hydrogens is 372 g/mol. The highest BCUT2D eigenvalue weighted by molar-refractivity contribution is 7.99. The van der Waals surface area contributed by atoms with Crippen molar-refractivity contribution < 1.29 is 9.21 Å². The molecule has 1 aromatic heterocycles. The molecular formula is C21H30N4O2S. The van der Waals surface area contributed by atoms with Crippen LogP contribution < -0.4 is 4.90 Å². The predicted octanol–water partition coefficient (Wildman–Crippen LogP) is 4.47. The Balaban J connectivity index is 1.55. The van der Waals surface area contributed by atoms with E-state index < -0.39 is 0 Å². The van der Waals surface area contributed by atoms with Crippen molar-refractivity contribution in [3.8, 4) is 11.5 Å². The quantitative estimate of drug-likeness (QED) is 0.637. The molecule has 1 saturated heterocycles. The topological polar surface area (TPSA) is 62.5 Å². The fourth-order valence-corrected chi connectivity index (χ4v) is 4.17. The first kappa shape index (κ1) is 20.7. The van der Waals surface area contributed by atoms with E-state index in [4.69, 9.17) is 4.42 Å². The van der Waals surface area contributed by atoms with Crippen LogP contribution in [0.25, 0.3) is 11.5 Å². The average molecular weight is 403 g/mol. The summed E-state index contributed by atoms with van der Waals surface area (Å²) in [6.45, 7) is 7.98. The summed E-state index contributed by atoms with van der Waals surface area (Å²) in [5, 5.41) is 8.69. The molecule has 1 aromatic carbocycles. The van der Waals surface area contributed by atoms with Gasteiger partial charge in [0.2, 0.25) is 11.8 Å². The highest BCUT2D eigenvalue weighted by Gasteiger charge is 2.17. The Morgan fingerprint density at radius 2 is 1.68 bits per heavy atom. The second kappa shape index (κ2) is 10.5. The molecule has 0 atom stereocenters. The lowest BCUT2D eigenvalue weighted by Gasteiger charge is -2.24. The predicted molar refractivity (Wildman–Crippen MR) is 114 cm³/mol. The summed E-state index contributed by atoms with van der Waals surface area (Å²) < 4.78 is 5.76. The van der Waals surface area contributed by atoms with Crippen LogP contribution in [0.4, 0.5) is 5.69 Å². The Morgan fingerprint density at radius 3 is 2.32 bits per heavy atom. The van der Waals surface area contributed by atoms with Crippen molar-refractivity contribution in [2.75, 3.05) is 36.8 Å². The molecule has 0 aliphatic carbocycles. The average Bonchev–Trinajstić information content (AvgIpc) is 3.16. The van der Waals surface area contributed by atoms with Crippen LogP contribution in [0.5, 0.6) is 0 Å². The van der Waals surface area contributed by atoms with Crippen LogP contribution in [-0.2, 0) is 4.79 Å². The third-order valence-corrected chi connectivity index (χ3v) is 5.98. The minimum absolute atomic E-state index is 0.162. The van der Waals surface area contributed by atoms with Gasteiger partial charge in [0, 0.05) is 37.4 Å². The zero-order chi connectivity index (χ0) is 19.8. The first-order valence-electron chi connectivity index (χ1n) is 10.3. The van der Waals surface area contributed by atoms with Gasteiger partial charge in [-0.25, -0.2) is 0 Å². The fourth-order valence-electron chi connectivity index (χ4n) is 3.50. The van der Waals surface area contributed by atoms with E-state index in [1.807, 2.05) is 17.0 Å². The van der Waals surface area contributed by atoms with Crippen molar-refractivity contribution in [2.24, 2.45) is 0 Å². The van der Waals surface area contributed by atoms with E-state index in [1.54, 1.807) is 0 Å². The first-order valence-corrected chi connectivity index (χ1v) is 11.3. The number of likely N-dealkylation sites (tertiary alicyclic amines) is 1. The SMILES string of the molecule is CCN(CC)c1ccc(-c2nnc(SCC(=O)N3CCCCCCC3)o2)cc1. The van der Waals surface area contributed by atoms with Gasteiger partial charge in [0.05, 0.1) is 5.75 Å². The molecule has 28 heavy (non-hydrogen) atoms. The summed E-state index contributed by atoms with van der Waals surface area (Å²) in [6, 6.07) is 8.15. The third kappa shape index (κ3) is 5.50. The fraction of sp³-hybridized carbons (Fsp3) is 0.571. The second-order valence-corrected chi connectivity index (χ2v) is 7.96. The molecule has 0 saturated carbocycles. The number of hydrogen-bond donors (Lipinski definition) is 0. The van der Waals surface area contributed by atoms with E-state index in [0.717, 1.165) is 44.6 Å². The highest BCUT2D eigenvalue weighted by Crippen LogP contribution is 2.25. The number of aromatic nitrogens is 2. The molecule has 0 N–H and O–H groups in total. The zero-order valence-electron chi connectivity index (χ0n) is 16.9. The van der Waals surface area contributed by atoms with Gasteiger partial charge in [-0.1, -0.05) is 31.0 Å². The van der Waals surface area contributed by atoms with E-state index >= 15 is 0 Å². The van der Waals surface area contributed by atoms with Gasteiger partial charge in [-0.05, 0) is 51.0 Å². The Labute approximate surface area is 171 Å². The zero-order valence-corrected chi connectivity index (χ0v) is 17.7. The minimum Gasteiger partial charge on any atom is -0.411 e. The first-order chi connectivity index (χ1) is 13.7. The second-order valence-electron chi connectivity index (χ2n) is 7.03. The maximum absolute atomic E-state index is 12.5. The minimum atomic E-state index is 0.162. The number of thioether (sulfide) groups is 1. The number of hydrogen-bond acceptors (Lipinski definition) is 6. The van der Waals surface area contributed by atoms with Crippen molar-refractivity contribution in [1.29, 1.82) is 0 Å². The Morgan fingerprint density at radius 1 is 1.04 bits per heavy atom. The molecule has 7 heteroatoms. The van der Waals surface area contributed by atoms with Crippen LogP contribution in [0.15, 0.2) is 33.9 Å². The van der Waals surface area contributed by atoms with E-state index in [2.05, 4.69) is 41.1 Å². The van der Waals surface area contributed by atoms with Crippen molar-refractivity contribution >= 4 is 23.4 Å². The van der Waals surface area contributed by atoms with Gasteiger partial charge < -0.3 is 14.2 Å². The van der Waals surface area contributed by atoms with Gasteiger partial charge in [-0.15, -0.1) is 10.2 Å². The van der Waals surface area contributed by atoms with Crippen LogP contribution in [0.2, 0.25) is 0 Å². The van der Waals surface area contributed by atoms with Gasteiger partial charge in [-0.2, -0.15) is 0 Å². The molecule has 6 nitrogen and oxygen atoms in total. The molecule has 2 heterocycles. The highest BCUT2D eigenvalue weighted by atomic mass is 32.2. The van der Waals surface area contributed by atoms with E-state index in [1.165, 1.54) is 36.7 Å². The molecule has 0 bridgehead atoms. The molecule has 1 aliphatic heterocycles. The van der Waals surface area contributed by atoms with Crippen molar-refractivity contribution in [1.82, 2.24) is 15.1 Å². The number of nitrogens with zero attached hydrogens (tertiary/aromatic N) is 4. The van der Waals surface area contributed by atoms with E-state index in [-0.39, 0.29) is 5.91 Å². The Bertz CT molecular complexity index is 735. The van der Waals surface area contributed by atoms with E-state index in [9.17, 15) is 4.79 Å². The van der Waals surface area contributed by atoms with Crippen molar-refractivity contribution in [3.63, 3.8) is 0 Å². The molecule has 1 aliphatic rings. The molecule has 1 fully saturated rings. The van der Waals surface area contributed by atoms with Crippen LogP contribution in [0.1, 0.15) is 46.0 Å². The molecule has 1 amide bonds. The van der Waals surface area contributed by atoms with Crippen LogP contribution in [0, 0.1) is 0 Å². The number of anilines is 1. The monoisotopic (exact) mass is 402 g/mol. The van der Waals surface area contributed by atoms with Crippen molar-refractivity contribution in [3.05, 3.63) is 24.3 Å². The molecule has 0 unspecified atom stereocenters. The summed E-state index contributed by atoms with van der Waals surface area (Å²) in [4.78, 5) is 16.8. The molecule has 3 rings (SSSR count). The van der Waals surface area contributed by atoms with Gasteiger partial charge in [0.25, 0.3) is 5.22 Å². The largest absolute Gasteiger partial charge is 0.411 e. The summed E-state index contributed by atoms with van der Waals surface area (Å²) in [5.41, 5.74) is 2.08. The molecule has 2 aromatic rings. The van der Waals surface area contributed by atoms with Crippen LogP contribution in [-0.4, -0.2) is 52.9 Å². The van der Waals surface area contributed by atoms with Gasteiger partial charge in [-0.3, -0.25) is 4.79 Å². The molecule has 152 valence electrons. The Hall–Kier alpha value is -2.02. The smallest absolute Gasteiger partial charge is 0.277 e. The van der Waals surface area contributed by atoms with Gasteiger partial charge in [0.1, 0.15) is 0 Å². The lowest BCUT2D eigenvalue weighted by atomic mass is 10.1. The van der Waals surface area contributed by atoms with Crippen LogP contribution in [0.3, 0.4) is 0 Å². The van der Waals surface area contributed by atoms with Crippen molar-refractivity contribution in [2.45, 2.75) is 51.2 Å². The number of carbonyl (C=O) groups is 1. The third-order valence-electron chi connectivity index (χ3n) is 5.18. The molecule has 0 radical (unpaired) electrons. The number of carbonyl (C=O) groups excluding carboxylic acids is 1. The number of amides is 1. The maximum atomic E-state index is 12.5. The summed E-state index contributed by atoms with van der Waals surface area (Å²) in [5.74, 6) is 1.00.